The van der Waals surface area contributed by atoms with Crippen LogP contribution in [0, 0.1) is 12.8 Å². The molecule has 2 N–H and O–H groups in total. The molecule has 0 spiro atoms. The van der Waals surface area contributed by atoms with E-state index in [4.69, 9.17) is 13.9 Å². The Balaban J connectivity index is 1.65. The molecule has 1 atom stereocenters. The number of benzene rings is 1. The average molecular weight is 414 g/mol. The molecule has 0 bridgehead atoms. The fraction of sp³-hybridized carbons (Fsp3) is 0.500. The van der Waals surface area contributed by atoms with Gasteiger partial charge in [-0.25, -0.2) is 4.79 Å². The quantitative estimate of drug-likeness (QED) is 0.532. The van der Waals surface area contributed by atoms with Gasteiger partial charge in [0.15, 0.2) is 0 Å². The van der Waals surface area contributed by atoms with Crippen LogP contribution < -0.4 is 15.4 Å². The first-order valence-corrected chi connectivity index (χ1v) is 10.4. The normalized spacial score (nSPS) is 21.2. The molecule has 2 aliphatic rings. The molecule has 1 aromatic carbocycles. The predicted molar refractivity (Wildman–Crippen MR) is 108 cm³/mol. The standard InChI is InChI=1S/C22H26N2O6/c1-3-28-21(27)22(9-4-10-23-20(22)26)24-19(25)18-13(2)30-17-8-7-15(11-16(17)18)29-12-14-5-6-14/h7-8,11,14H,3-6,9-10,12H2,1-2H3,(H,23,26)(H,24,25). The van der Waals surface area contributed by atoms with Gasteiger partial charge >= 0.3 is 5.97 Å². The Morgan fingerprint density at radius 2 is 2.13 bits per heavy atom. The van der Waals surface area contributed by atoms with Gasteiger partial charge in [-0.2, -0.15) is 0 Å². The van der Waals surface area contributed by atoms with Crippen molar-refractivity contribution in [2.45, 2.75) is 45.1 Å². The molecule has 1 aromatic heterocycles. The summed E-state index contributed by atoms with van der Waals surface area (Å²) in [5, 5.41) is 5.89. The van der Waals surface area contributed by atoms with E-state index in [0.29, 0.717) is 48.0 Å². The van der Waals surface area contributed by atoms with Crippen molar-refractivity contribution in [3.8, 4) is 5.75 Å². The second-order valence-corrected chi connectivity index (χ2v) is 7.88. The van der Waals surface area contributed by atoms with Crippen molar-refractivity contribution in [2.24, 2.45) is 5.92 Å². The van der Waals surface area contributed by atoms with Gasteiger partial charge in [-0.05, 0) is 63.6 Å². The molecule has 1 unspecified atom stereocenters. The van der Waals surface area contributed by atoms with Crippen LogP contribution in [0.25, 0.3) is 11.0 Å². The zero-order chi connectivity index (χ0) is 21.3. The summed E-state index contributed by atoms with van der Waals surface area (Å²) in [5.41, 5.74) is -0.930. The molecular formula is C22H26N2O6. The van der Waals surface area contributed by atoms with E-state index >= 15 is 0 Å². The fourth-order valence-electron chi connectivity index (χ4n) is 3.77. The second-order valence-electron chi connectivity index (χ2n) is 7.88. The Labute approximate surface area is 174 Å². The molecule has 1 aliphatic heterocycles. The molecule has 1 saturated heterocycles. The largest absolute Gasteiger partial charge is 0.493 e. The maximum Gasteiger partial charge on any atom is 0.341 e. The van der Waals surface area contributed by atoms with Crippen molar-refractivity contribution >= 4 is 28.8 Å². The van der Waals surface area contributed by atoms with E-state index in [9.17, 15) is 14.4 Å². The highest BCUT2D eigenvalue weighted by Crippen LogP contribution is 2.33. The monoisotopic (exact) mass is 414 g/mol. The maximum absolute atomic E-state index is 13.3. The summed E-state index contributed by atoms with van der Waals surface area (Å²) in [4.78, 5) is 38.5. The van der Waals surface area contributed by atoms with Crippen molar-refractivity contribution in [3.05, 3.63) is 29.5 Å². The van der Waals surface area contributed by atoms with Gasteiger partial charge in [-0.3, -0.25) is 9.59 Å². The van der Waals surface area contributed by atoms with E-state index in [-0.39, 0.29) is 18.6 Å². The van der Waals surface area contributed by atoms with Crippen LogP contribution in [0.4, 0.5) is 0 Å². The third kappa shape index (κ3) is 3.74. The third-order valence-corrected chi connectivity index (χ3v) is 5.60. The van der Waals surface area contributed by atoms with Gasteiger partial charge in [0.1, 0.15) is 17.1 Å². The highest BCUT2D eigenvalue weighted by Gasteiger charge is 2.50. The smallest absolute Gasteiger partial charge is 0.341 e. The average Bonchev–Trinajstić information content (AvgIpc) is 3.49. The SMILES string of the molecule is CCOC(=O)C1(NC(=O)c2c(C)oc3ccc(OCC4CC4)cc23)CCCNC1=O. The van der Waals surface area contributed by atoms with Gasteiger partial charge in [0, 0.05) is 11.9 Å². The Hall–Kier alpha value is -3.03. The Kier molecular flexibility index (Phi) is 5.40. The number of nitrogens with one attached hydrogen (secondary N) is 2. The fourth-order valence-corrected chi connectivity index (χ4v) is 3.77. The lowest BCUT2D eigenvalue weighted by molar-refractivity contribution is -0.157. The summed E-state index contributed by atoms with van der Waals surface area (Å²) in [6.45, 7) is 4.54. The molecule has 1 aliphatic carbocycles. The van der Waals surface area contributed by atoms with Crippen molar-refractivity contribution in [1.82, 2.24) is 10.6 Å². The van der Waals surface area contributed by atoms with Crippen LogP contribution in [0.3, 0.4) is 0 Å². The molecular weight excluding hydrogens is 388 g/mol. The first-order chi connectivity index (χ1) is 14.4. The molecule has 30 heavy (non-hydrogen) atoms. The number of esters is 1. The zero-order valence-electron chi connectivity index (χ0n) is 17.2. The molecule has 2 amide bonds. The van der Waals surface area contributed by atoms with Gasteiger partial charge in [0.05, 0.1) is 18.8 Å². The summed E-state index contributed by atoms with van der Waals surface area (Å²) < 4.78 is 16.7. The van der Waals surface area contributed by atoms with Crippen molar-refractivity contribution in [1.29, 1.82) is 0 Å². The number of fused-ring (bicyclic) bond motifs is 1. The number of carbonyl (C=O) groups excluding carboxylic acids is 3. The lowest BCUT2D eigenvalue weighted by Crippen LogP contribution is -2.66. The molecule has 8 heteroatoms. The minimum atomic E-state index is -1.75. The van der Waals surface area contributed by atoms with Crippen molar-refractivity contribution < 1.29 is 28.3 Å². The minimum Gasteiger partial charge on any atom is -0.493 e. The highest BCUT2D eigenvalue weighted by atomic mass is 16.5. The number of carbonyl (C=O) groups is 3. The molecule has 8 nitrogen and oxygen atoms in total. The van der Waals surface area contributed by atoms with Crippen LogP contribution in [0.1, 0.15) is 48.7 Å². The number of amides is 2. The van der Waals surface area contributed by atoms with E-state index in [1.165, 1.54) is 12.8 Å². The summed E-state index contributed by atoms with van der Waals surface area (Å²) >= 11 is 0. The number of hydrogen-bond acceptors (Lipinski definition) is 6. The number of rotatable bonds is 7. The number of ether oxygens (including phenoxy) is 2. The van der Waals surface area contributed by atoms with Crippen LogP contribution in [-0.4, -0.2) is 43.1 Å². The maximum atomic E-state index is 13.3. The zero-order valence-corrected chi connectivity index (χ0v) is 17.2. The molecule has 2 fully saturated rings. The molecule has 0 radical (unpaired) electrons. The first kappa shape index (κ1) is 20.3. The third-order valence-electron chi connectivity index (χ3n) is 5.60. The number of aryl methyl sites for hydroxylation is 1. The molecule has 2 aromatic rings. The summed E-state index contributed by atoms with van der Waals surface area (Å²) in [6, 6.07) is 5.33. The van der Waals surface area contributed by atoms with Gasteiger partial charge in [-0.15, -0.1) is 0 Å². The van der Waals surface area contributed by atoms with E-state index in [1.54, 1.807) is 26.0 Å². The van der Waals surface area contributed by atoms with Crippen LogP contribution in [0.5, 0.6) is 5.75 Å². The predicted octanol–water partition coefficient (Wildman–Crippen LogP) is 2.47. The van der Waals surface area contributed by atoms with Gasteiger partial charge in [0.2, 0.25) is 5.54 Å². The molecule has 1 saturated carbocycles. The van der Waals surface area contributed by atoms with E-state index in [0.717, 1.165) is 0 Å². The van der Waals surface area contributed by atoms with E-state index < -0.39 is 23.3 Å². The molecule has 4 rings (SSSR count). The second kappa shape index (κ2) is 8.01. The Bertz CT molecular complexity index is 993. The van der Waals surface area contributed by atoms with Crippen molar-refractivity contribution in [2.75, 3.05) is 19.8 Å². The van der Waals surface area contributed by atoms with Crippen LogP contribution in [0.2, 0.25) is 0 Å². The van der Waals surface area contributed by atoms with Gasteiger partial charge in [0.25, 0.3) is 11.8 Å². The summed E-state index contributed by atoms with van der Waals surface area (Å²) in [7, 11) is 0. The minimum absolute atomic E-state index is 0.110. The summed E-state index contributed by atoms with van der Waals surface area (Å²) in [5.74, 6) is -0.217. The number of furan rings is 1. The highest BCUT2D eigenvalue weighted by molar-refractivity contribution is 6.15. The number of piperidine rings is 1. The van der Waals surface area contributed by atoms with E-state index in [2.05, 4.69) is 10.6 Å². The summed E-state index contributed by atoms with van der Waals surface area (Å²) in [6.07, 6.45) is 3.08. The van der Waals surface area contributed by atoms with Crippen LogP contribution in [-0.2, 0) is 14.3 Å². The first-order valence-electron chi connectivity index (χ1n) is 10.4. The lowest BCUT2D eigenvalue weighted by atomic mass is 9.88. The molecule has 2 heterocycles. The van der Waals surface area contributed by atoms with Gasteiger partial charge < -0.3 is 24.5 Å². The lowest BCUT2D eigenvalue weighted by Gasteiger charge is -2.34. The van der Waals surface area contributed by atoms with Gasteiger partial charge in [-0.1, -0.05) is 0 Å². The Morgan fingerprint density at radius 1 is 1.33 bits per heavy atom. The Morgan fingerprint density at radius 3 is 2.83 bits per heavy atom. The molecule has 160 valence electrons. The van der Waals surface area contributed by atoms with E-state index in [1.807, 2.05) is 6.07 Å². The number of hydrogen-bond donors (Lipinski definition) is 2. The van der Waals surface area contributed by atoms with Crippen LogP contribution >= 0.6 is 0 Å². The van der Waals surface area contributed by atoms with Crippen LogP contribution in [0.15, 0.2) is 22.6 Å². The topological polar surface area (TPSA) is 107 Å². The van der Waals surface area contributed by atoms with Crippen molar-refractivity contribution in [3.63, 3.8) is 0 Å².